The van der Waals surface area contributed by atoms with E-state index in [2.05, 4.69) is 0 Å². The number of rotatable bonds is 6. The molecule has 0 unspecified atom stereocenters. The van der Waals surface area contributed by atoms with Crippen molar-refractivity contribution in [1.29, 1.82) is 0 Å². The van der Waals surface area contributed by atoms with Crippen LogP contribution in [0.15, 0.2) is 36.4 Å². The molecule has 3 nitrogen and oxygen atoms in total. The molecule has 40 heavy (non-hydrogen) atoms. The highest BCUT2D eigenvalue weighted by Crippen LogP contribution is 2.43. The van der Waals surface area contributed by atoms with Crippen LogP contribution in [0.2, 0.25) is 0 Å². The molecule has 0 atom stereocenters. The van der Waals surface area contributed by atoms with E-state index in [0.717, 1.165) is 12.1 Å². The largest absolute Gasteiger partial charge is 0.505 e. The lowest BCUT2D eigenvalue weighted by Crippen LogP contribution is -2.22. The molecule has 5 rings (SSSR count). The Morgan fingerprint density at radius 3 is 1.32 bits per heavy atom. The molecule has 3 aromatic carbocycles. The van der Waals surface area contributed by atoms with Gasteiger partial charge in [0, 0.05) is 5.56 Å². The number of benzene rings is 3. The topological polar surface area (TPSA) is 49.7 Å². The van der Waals surface area contributed by atoms with Crippen LogP contribution in [-0.4, -0.2) is 16.3 Å². The van der Waals surface area contributed by atoms with E-state index in [0.29, 0.717) is 51.4 Å². The summed E-state index contributed by atoms with van der Waals surface area (Å²) >= 11 is 0. The summed E-state index contributed by atoms with van der Waals surface area (Å²) in [5.74, 6) is -8.77. The second-order valence-electron chi connectivity index (χ2n) is 10.9. The van der Waals surface area contributed by atoms with Gasteiger partial charge in [0.05, 0.1) is 12.7 Å². The van der Waals surface area contributed by atoms with Gasteiger partial charge in [-0.05, 0) is 97.9 Å². The molecule has 0 saturated heterocycles. The second-order valence-corrected chi connectivity index (χ2v) is 10.9. The minimum absolute atomic E-state index is 0.0883. The van der Waals surface area contributed by atoms with Crippen LogP contribution in [0.1, 0.15) is 91.4 Å². The number of hydrogen-bond acceptors (Lipinski definition) is 3. The lowest BCUT2D eigenvalue weighted by Gasteiger charge is -2.30. The zero-order valence-electron chi connectivity index (χ0n) is 21.7. The Kier molecular flexibility index (Phi) is 8.31. The fourth-order valence-corrected chi connectivity index (χ4v) is 6.23. The van der Waals surface area contributed by atoms with Gasteiger partial charge in [-0.25, -0.2) is 17.6 Å². The van der Waals surface area contributed by atoms with E-state index in [1.807, 2.05) is 0 Å². The summed E-state index contributed by atoms with van der Waals surface area (Å²) in [6, 6.07) is 8.08. The van der Waals surface area contributed by atoms with E-state index in [9.17, 15) is 32.2 Å². The quantitative estimate of drug-likeness (QED) is 0.295. The number of phenols is 2. The van der Waals surface area contributed by atoms with Crippen molar-refractivity contribution < 1.29 is 41.3 Å². The summed E-state index contributed by atoms with van der Waals surface area (Å²) in [4.78, 5) is 0. The van der Waals surface area contributed by atoms with Crippen LogP contribution in [0, 0.1) is 34.9 Å². The molecule has 2 aliphatic carbocycles. The van der Waals surface area contributed by atoms with Gasteiger partial charge in [-0.1, -0.05) is 24.3 Å². The summed E-state index contributed by atoms with van der Waals surface area (Å²) in [6.45, 7) is -0.126. The molecule has 0 heterocycles. The zero-order valence-corrected chi connectivity index (χ0v) is 21.7. The number of hydrogen-bond donors (Lipinski definition) is 2. The van der Waals surface area contributed by atoms with Crippen molar-refractivity contribution in [2.24, 2.45) is 0 Å². The van der Waals surface area contributed by atoms with Crippen molar-refractivity contribution in [2.75, 3.05) is 0 Å². The third kappa shape index (κ3) is 5.53. The van der Waals surface area contributed by atoms with E-state index in [4.69, 9.17) is 4.74 Å². The van der Waals surface area contributed by atoms with Gasteiger partial charge in [0.2, 0.25) is 11.6 Å². The predicted octanol–water partition coefficient (Wildman–Crippen LogP) is 8.62. The molecular formula is C31H30F6O3. The molecule has 0 aromatic heterocycles. The van der Waals surface area contributed by atoms with Crippen LogP contribution in [0.3, 0.4) is 0 Å². The fraction of sp³-hybridized carbons (Fsp3) is 0.419. The van der Waals surface area contributed by atoms with Crippen molar-refractivity contribution in [3.05, 3.63) is 93.6 Å². The van der Waals surface area contributed by atoms with Crippen molar-refractivity contribution >= 4 is 0 Å². The van der Waals surface area contributed by atoms with E-state index in [1.165, 1.54) is 18.2 Å². The van der Waals surface area contributed by atoms with Gasteiger partial charge in [-0.3, -0.25) is 0 Å². The number of aromatic hydroxyl groups is 2. The van der Waals surface area contributed by atoms with Gasteiger partial charge in [-0.15, -0.1) is 0 Å². The zero-order chi connectivity index (χ0) is 28.6. The van der Waals surface area contributed by atoms with Crippen LogP contribution in [0.4, 0.5) is 26.3 Å². The maximum atomic E-state index is 15.1. The third-order valence-corrected chi connectivity index (χ3v) is 8.57. The molecule has 0 radical (unpaired) electrons. The minimum atomic E-state index is -1.28. The Bertz CT molecular complexity index is 1380. The highest BCUT2D eigenvalue weighted by atomic mass is 19.2. The van der Waals surface area contributed by atoms with Crippen molar-refractivity contribution in [2.45, 2.75) is 81.8 Å². The van der Waals surface area contributed by atoms with Gasteiger partial charge in [-0.2, -0.15) is 8.78 Å². The molecular weight excluding hydrogens is 534 g/mol. The molecule has 3 aromatic rings. The molecule has 9 heteroatoms. The average molecular weight is 565 g/mol. The first-order valence-corrected chi connectivity index (χ1v) is 13.6. The summed E-state index contributed by atoms with van der Waals surface area (Å²) in [7, 11) is 0. The van der Waals surface area contributed by atoms with Gasteiger partial charge in [0.15, 0.2) is 34.8 Å². The SMILES string of the molecule is Oc1ccc(C2CCC(OCc3ccc(C4CCC(c5ccc(O)c(F)c5F)CC4)c(F)c3F)CC2)c(F)c1F. The van der Waals surface area contributed by atoms with Crippen LogP contribution >= 0.6 is 0 Å². The molecule has 214 valence electrons. The lowest BCUT2D eigenvalue weighted by atomic mass is 9.75. The highest BCUT2D eigenvalue weighted by molar-refractivity contribution is 5.34. The normalized spacial score (nSPS) is 23.4. The number of ether oxygens (including phenoxy) is 1. The first-order chi connectivity index (χ1) is 19.2. The Morgan fingerprint density at radius 1 is 0.500 bits per heavy atom. The maximum absolute atomic E-state index is 15.1. The van der Waals surface area contributed by atoms with E-state index >= 15 is 4.39 Å². The molecule has 0 spiro atoms. The summed E-state index contributed by atoms with van der Waals surface area (Å²) < 4.78 is 91.9. The Morgan fingerprint density at radius 2 is 0.875 bits per heavy atom. The smallest absolute Gasteiger partial charge is 0.200 e. The van der Waals surface area contributed by atoms with Crippen LogP contribution < -0.4 is 0 Å². The van der Waals surface area contributed by atoms with Crippen molar-refractivity contribution in [1.82, 2.24) is 0 Å². The molecule has 2 aliphatic rings. The fourth-order valence-electron chi connectivity index (χ4n) is 6.23. The van der Waals surface area contributed by atoms with Crippen LogP contribution in [-0.2, 0) is 11.3 Å². The molecule has 0 aliphatic heterocycles. The number of halogens is 6. The van der Waals surface area contributed by atoms with E-state index < -0.39 is 46.4 Å². The highest BCUT2D eigenvalue weighted by Gasteiger charge is 2.30. The monoisotopic (exact) mass is 564 g/mol. The molecule has 0 bridgehead atoms. The van der Waals surface area contributed by atoms with Crippen LogP contribution in [0.25, 0.3) is 0 Å². The van der Waals surface area contributed by atoms with Crippen molar-refractivity contribution in [3.8, 4) is 11.5 Å². The Labute approximate surface area is 228 Å². The van der Waals surface area contributed by atoms with Gasteiger partial charge < -0.3 is 14.9 Å². The molecule has 2 fully saturated rings. The molecule has 2 saturated carbocycles. The maximum Gasteiger partial charge on any atom is 0.200 e. The molecule has 0 amide bonds. The first kappa shape index (κ1) is 28.3. The minimum Gasteiger partial charge on any atom is -0.505 e. The predicted molar refractivity (Wildman–Crippen MR) is 136 cm³/mol. The second kappa shape index (κ2) is 11.7. The summed E-state index contributed by atoms with van der Waals surface area (Å²) in [6.07, 6.45) is 3.83. The third-order valence-electron chi connectivity index (χ3n) is 8.57. The Hall–Kier alpha value is -3.20. The van der Waals surface area contributed by atoms with Gasteiger partial charge in [0.25, 0.3) is 0 Å². The number of phenolic OH excluding ortho intramolecular Hbond substituents is 2. The van der Waals surface area contributed by atoms with Crippen LogP contribution in [0.5, 0.6) is 11.5 Å². The van der Waals surface area contributed by atoms with E-state index in [-0.39, 0.29) is 52.7 Å². The van der Waals surface area contributed by atoms with Gasteiger partial charge >= 0.3 is 0 Å². The van der Waals surface area contributed by atoms with Gasteiger partial charge in [0.1, 0.15) is 0 Å². The summed E-state index contributed by atoms with van der Waals surface area (Å²) in [5.41, 5.74) is 0.736. The molecule has 2 N–H and O–H groups in total. The van der Waals surface area contributed by atoms with E-state index in [1.54, 1.807) is 6.07 Å². The Balaban J connectivity index is 1.16. The summed E-state index contributed by atoms with van der Waals surface area (Å²) in [5, 5.41) is 18.7. The van der Waals surface area contributed by atoms with Crippen molar-refractivity contribution in [3.63, 3.8) is 0 Å². The standard InChI is InChI=1S/C31H30F6O3/c32-26-19(15-40-20-8-5-18(6-9-20)23-12-14-25(39)31(37)29(23)35)7-10-21(27(26)33)16-1-3-17(4-2-16)22-11-13-24(38)30(36)28(22)34/h7,10-14,16-18,20,38-39H,1-6,8-9,15H2. The first-order valence-electron chi connectivity index (χ1n) is 13.6. The lowest BCUT2D eigenvalue weighted by molar-refractivity contribution is 0.0116. The average Bonchev–Trinajstić information content (AvgIpc) is 2.96.